The maximum Gasteiger partial charge on any atom is 0.318 e. The van der Waals surface area contributed by atoms with E-state index in [9.17, 15) is 9.90 Å². The van der Waals surface area contributed by atoms with E-state index in [0.29, 0.717) is 17.4 Å². The Kier molecular flexibility index (Phi) is 5.26. The minimum Gasteiger partial charge on any atom is -0.394 e. The van der Waals surface area contributed by atoms with Crippen molar-refractivity contribution in [3.63, 3.8) is 0 Å². The minimum absolute atomic E-state index is 0.0712. The number of morpholine rings is 1. The summed E-state index contributed by atoms with van der Waals surface area (Å²) >= 11 is 7.36. The van der Waals surface area contributed by atoms with Crippen LogP contribution >= 0.6 is 22.9 Å². The molecular formula is C13H19ClN2O3S. The third-order valence-corrected chi connectivity index (χ3v) is 4.59. The molecule has 2 heterocycles. The molecule has 1 aromatic rings. The number of carbonyl (C=O) groups excluding carboxylic acids is 1. The van der Waals surface area contributed by atoms with Crippen LogP contribution in [0.2, 0.25) is 4.34 Å². The van der Waals surface area contributed by atoms with Crippen molar-refractivity contribution in [2.75, 3.05) is 19.7 Å². The molecule has 20 heavy (non-hydrogen) atoms. The van der Waals surface area contributed by atoms with E-state index in [1.165, 1.54) is 11.3 Å². The average molecular weight is 319 g/mol. The van der Waals surface area contributed by atoms with Gasteiger partial charge in [-0.3, -0.25) is 0 Å². The monoisotopic (exact) mass is 318 g/mol. The van der Waals surface area contributed by atoms with Crippen molar-refractivity contribution in [1.29, 1.82) is 0 Å². The number of halogens is 1. The van der Waals surface area contributed by atoms with Gasteiger partial charge >= 0.3 is 6.03 Å². The van der Waals surface area contributed by atoms with Crippen molar-refractivity contribution < 1.29 is 14.6 Å². The van der Waals surface area contributed by atoms with E-state index in [2.05, 4.69) is 5.32 Å². The highest BCUT2D eigenvalue weighted by molar-refractivity contribution is 7.16. The van der Waals surface area contributed by atoms with Gasteiger partial charge in [-0.05, 0) is 26.0 Å². The summed E-state index contributed by atoms with van der Waals surface area (Å²) in [5.74, 6) is 0. The van der Waals surface area contributed by atoms with Gasteiger partial charge in [0.15, 0.2) is 0 Å². The van der Waals surface area contributed by atoms with Crippen molar-refractivity contribution in [2.24, 2.45) is 0 Å². The molecule has 1 aliphatic rings. The Morgan fingerprint density at radius 3 is 3.00 bits per heavy atom. The van der Waals surface area contributed by atoms with Crippen LogP contribution in [0.5, 0.6) is 0 Å². The third kappa shape index (κ3) is 3.85. The zero-order chi connectivity index (χ0) is 14.7. The SMILES string of the molecule is C[C@@H]1CN(C(=O)N[C@@H](C)c2ccc(Cl)s2)C[C@@H](CO)O1. The summed E-state index contributed by atoms with van der Waals surface area (Å²) < 4.78 is 6.23. The maximum absolute atomic E-state index is 12.2. The molecule has 0 aromatic carbocycles. The predicted octanol–water partition coefficient (Wildman–Crippen LogP) is 2.25. The van der Waals surface area contributed by atoms with Gasteiger partial charge in [-0.1, -0.05) is 11.6 Å². The van der Waals surface area contributed by atoms with Crippen LogP contribution in [0.3, 0.4) is 0 Å². The molecular weight excluding hydrogens is 300 g/mol. The summed E-state index contributed by atoms with van der Waals surface area (Å²) in [6, 6.07) is 3.50. The molecule has 2 N–H and O–H groups in total. The number of aliphatic hydroxyl groups is 1. The quantitative estimate of drug-likeness (QED) is 0.898. The Hall–Kier alpha value is -0.820. The van der Waals surface area contributed by atoms with Gasteiger partial charge in [-0.25, -0.2) is 4.79 Å². The van der Waals surface area contributed by atoms with Crippen LogP contribution in [0.15, 0.2) is 12.1 Å². The molecule has 1 aliphatic heterocycles. The van der Waals surface area contributed by atoms with Gasteiger partial charge < -0.3 is 20.1 Å². The largest absolute Gasteiger partial charge is 0.394 e. The fraction of sp³-hybridized carbons (Fsp3) is 0.615. The van der Waals surface area contributed by atoms with E-state index in [-0.39, 0.29) is 30.9 Å². The number of thiophene rings is 1. The lowest BCUT2D eigenvalue weighted by Crippen LogP contribution is -2.53. The second-order valence-electron chi connectivity index (χ2n) is 4.97. The van der Waals surface area contributed by atoms with Crippen molar-refractivity contribution in [3.05, 3.63) is 21.3 Å². The van der Waals surface area contributed by atoms with E-state index in [1.807, 2.05) is 26.0 Å². The van der Waals surface area contributed by atoms with Gasteiger partial charge in [0.25, 0.3) is 0 Å². The normalized spacial score (nSPS) is 24.5. The van der Waals surface area contributed by atoms with Crippen molar-refractivity contribution in [3.8, 4) is 0 Å². The summed E-state index contributed by atoms with van der Waals surface area (Å²) in [5, 5.41) is 12.1. The number of nitrogens with one attached hydrogen (secondary N) is 1. The van der Waals surface area contributed by atoms with Crippen molar-refractivity contribution >= 4 is 29.0 Å². The summed E-state index contributed by atoms with van der Waals surface area (Å²) in [4.78, 5) is 14.9. The fourth-order valence-corrected chi connectivity index (χ4v) is 3.28. The van der Waals surface area contributed by atoms with Gasteiger partial charge in [-0.15, -0.1) is 11.3 Å². The number of hydrogen-bond acceptors (Lipinski definition) is 4. The Balaban J connectivity index is 1.93. The molecule has 112 valence electrons. The van der Waals surface area contributed by atoms with E-state index >= 15 is 0 Å². The lowest BCUT2D eigenvalue weighted by molar-refractivity contribution is -0.0835. The predicted molar refractivity (Wildman–Crippen MR) is 79.3 cm³/mol. The molecule has 0 aliphatic carbocycles. The summed E-state index contributed by atoms with van der Waals surface area (Å²) in [7, 11) is 0. The molecule has 1 saturated heterocycles. The highest BCUT2D eigenvalue weighted by atomic mass is 35.5. The summed E-state index contributed by atoms with van der Waals surface area (Å²) in [6.07, 6.45) is -0.380. The topological polar surface area (TPSA) is 61.8 Å². The Bertz CT molecular complexity index is 468. The van der Waals surface area contributed by atoms with Gasteiger partial charge in [0.2, 0.25) is 0 Å². The molecule has 7 heteroatoms. The van der Waals surface area contributed by atoms with E-state index in [0.717, 1.165) is 4.88 Å². The molecule has 1 fully saturated rings. The molecule has 0 spiro atoms. The third-order valence-electron chi connectivity index (χ3n) is 3.18. The Morgan fingerprint density at radius 1 is 1.65 bits per heavy atom. The Labute approximate surface area is 127 Å². The van der Waals surface area contributed by atoms with Gasteiger partial charge in [-0.2, -0.15) is 0 Å². The van der Waals surface area contributed by atoms with Crippen molar-refractivity contribution in [1.82, 2.24) is 10.2 Å². The van der Waals surface area contributed by atoms with Gasteiger partial charge in [0.05, 0.1) is 35.7 Å². The molecule has 3 atom stereocenters. The zero-order valence-corrected chi connectivity index (χ0v) is 13.1. The van der Waals surface area contributed by atoms with Crippen LogP contribution in [0.4, 0.5) is 4.79 Å². The lowest BCUT2D eigenvalue weighted by Gasteiger charge is -2.36. The van der Waals surface area contributed by atoms with Crippen LogP contribution in [0, 0.1) is 0 Å². The molecule has 5 nitrogen and oxygen atoms in total. The summed E-state index contributed by atoms with van der Waals surface area (Å²) in [6.45, 7) is 4.67. The summed E-state index contributed by atoms with van der Waals surface area (Å²) in [5.41, 5.74) is 0. The average Bonchev–Trinajstić information content (AvgIpc) is 2.84. The zero-order valence-electron chi connectivity index (χ0n) is 11.5. The van der Waals surface area contributed by atoms with E-state index in [1.54, 1.807) is 4.90 Å². The minimum atomic E-state index is -0.309. The Morgan fingerprint density at radius 2 is 2.40 bits per heavy atom. The molecule has 2 rings (SSSR count). The maximum atomic E-state index is 12.2. The highest BCUT2D eigenvalue weighted by Gasteiger charge is 2.28. The fourth-order valence-electron chi connectivity index (χ4n) is 2.22. The molecule has 0 bridgehead atoms. The van der Waals surface area contributed by atoms with Crippen LogP contribution in [-0.4, -0.2) is 47.9 Å². The molecule has 0 unspecified atom stereocenters. The first-order chi connectivity index (χ1) is 9.49. The number of urea groups is 1. The van der Waals surface area contributed by atoms with Gasteiger partial charge in [0, 0.05) is 11.4 Å². The van der Waals surface area contributed by atoms with Crippen LogP contribution < -0.4 is 5.32 Å². The number of hydrogen-bond donors (Lipinski definition) is 2. The molecule has 2 amide bonds. The van der Waals surface area contributed by atoms with E-state index in [4.69, 9.17) is 16.3 Å². The molecule has 1 aromatic heterocycles. The molecule has 0 radical (unpaired) electrons. The lowest BCUT2D eigenvalue weighted by atomic mass is 10.2. The number of ether oxygens (including phenoxy) is 1. The smallest absolute Gasteiger partial charge is 0.318 e. The number of rotatable bonds is 3. The van der Waals surface area contributed by atoms with E-state index < -0.39 is 0 Å². The second kappa shape index (κ2) is 6.76. The first-order valence-electron chi connectivity index (χ1n) is 6.56. The molecule has 0 saturated carbocycles. The van der Waals surface area contributed by atoms with Gasteiger partial charge in [0.1, 0.15) is 0 Å². The highest BCUT2D eigenvalue weighted by Crippen LogP contribution is 2.26. The number of amides is 2. The number of nitrogens with zero attached hydrogens (tertiary/aromatic N) is 1. The first kappa shape index (κ1) is 15.6. The number of carbonyl (C=O) groups is 1. The van der Waals surface area contributed by atoms with Crippen LogP contribution in [0.25, 0.3) is 0 Å². The van der Waals surface area contributed by atoms with Crippen molar-refractivity contribution in [2.45, 2.75) is 32.1 Å². The second-order valence-corrected chi connectivity index (χ2v) is 6.72. The first-order valence-corrected chi connectivity index (χ1v) is 7.76. The van der Waals surface area contributed by atoms with Crippen LogP contribution in [-0.2, 0) is 4.74 Å². The standard InChI is InChI=1S/C13H19ClN2O3S/c1-8-5-16(6-10(7-17)19-8)13(18)15-9(2)11-3-4-12(14)20-11/h3-4,8-10,17H,5-7H2,1-2H3,(H,15,18)/t8-,9+,10+/m1/s1. The number of aliphatic hydroxyl groups excluding tert-OH is 1. The van der Waals surface area contributed by atoms with Crippen LogP contribution in [0.1, 0.15) is 24.8 Å².